The highest BCUT2D eigenvalue weighted by atomic mass is 19.1. The Morgan fingerprint density at radius 1 is 1.12 bits per heavy atom. The van der Waals surface area contributed by atoms with Gasteiger partial charge in [0.25, 0.3) is 5.91 Å². The Morgan fingerprint density at radius 3 is 2.47 bits per heavy atom. The van der Waals surface area contributed by atoms with E-state index in [1.165, 1.54) is 17.0 Å². The molecule has 0 radical (unpaired) electrons. The second-order valence-corrected chi connectivity index (χ2v) is 8.97. The second kappa shape index (κ2) is 9.52. The van der Waals surface area contributed by atoms with Crippen LogP contribution < -0.4 is 10.7 Å². The number of hydrazine groups is 1. The molecule has 0 aliphatic carbocycles. The van der Waals surface area contributed by atoms with Gasteiger partial charge in [-0.2, -0.15) is 0 Å². The maximum atomic E-state index is 13.5. The number of imide groups is 1. The van der Waals surface area contributed by atoms with Crippen LogP contribution in [0.2, 0.25) is 0 Å². The van der Waals surface area contributed by atoms with E-state index in [1.807, 2.05) is 50.9 Å². The molecule has 180 valence electrons. The Labute approximate surface area is 198 Å². The first-order chi connectivity index (χ1) is 16.2. The summed E-state index contributed by atoms with van der Waals surface area (Å²) in [4.78, 5) is 42.6. The van der Waals surface area contributed by atoms with Crippen molar-refractivity contribution in [3.05, 3.63) is 65.0 Å². The number of carbonyl (C=O) groups excluding carboxylic acids is 3. The lowest BCUT2D eigenvalue weighted by Crippen LogP contribution is -2.67. The molecule has 8 nitrogen and oxygen atoms in total. The summed E-state index contributed by atoms with van der Waals surface area (Å²) in [5.74, 6) is -1.06. The molecule has 3 unspecified atom stereocenters. The molecule has 34 heavy (non-hydrogen) atoms. The summed E-state index contributed by atoms with van der Waals surface area (Å²) in [5, 5.41) is 4.71. The van der Waals surface area contributed by atoms with Crippen LogP contribution in [0.25, 0.3) is 0 Å². The number of amides is 4. The van der Waals surface area contributed by atoms with Crippen LogP contribution in [0.3, 0.4) is 0 Å². The van der Waals surface area contributed by atoms with Crippen molar-refractivity contribution in [3.63, 3.8) is 0 Å². The number of hydrogen-bond donors (Lipinski definition) is 2. The summed E-state index contributed by atoms with van der Waals surface area (Å²) in [6.07, 6.45) is 0. The number of nitrogens with one attached hydrogen (secondary N) is 2. The molecule has 0 aromatic heterocycles. The first-order valence-corrected chi connectivity index (χ1v) is 11.5. The van der Waals surface area contributed by atoms with Gasteiger partial charge in [-0.15, -0.1) is 0 Å². The average Bonchev–Trinajstić information content (AvgIpc) is 3.14. The molecular formula is C25H30FN5O3. The quantitative estimate of drug-likeness (QED) is 0.683. The van der Waals surface area contributed by atoms with Crippen molar-refractivity contribution < 1.29 is 18.8 Å². The minimum Gasteiger partial charge on any atom is -0.324 e. The number of hydrogen-bond acceptors (Lipinski definition) is 5. The molecule has 2 aliphatic heterocycles. The highest BCUT2D eigenvalue weighted by Crippen LogP contribution is 2.30. The summed E-state index contributed by atoms with van der Waals surface area (Å²) in [6, 6.07) is 9.57. The van der Waals surface area contributed by atoms with E-state index < -0.39 is 23.9 Å². The molecule has 2 aromatic carbocycles. The van der Waals surface area contributed by atoms with Crippen LogP contribution in [0.4, 0.5) is 14.9 Å². The van der Waals surface area contributed by atoms with Gasteiger partial charge in [0.05, 0.1) is 12.6 Å². The SMILES string of the molecule is CCN1NC(C)C2C1C(=O)N(Cc1ccc(F)cc1)C(=O)N2CC(=O)Nc1ccc(C)cc1C. The van der Waals surface area contributed by atoms with Crippen LogP contribution in [0.5, 0.6) is 0 Å². The number of nitrogens with zero attached hydrogens (tertiary/aromatic N) is 3. The Balaban J connectivity index is 1.60. The normalized spacial score (nSPS) is 22.8. The lowest BCUT2D eigenvalue weighted by Gasteiger charge is -2.43. The zero-order valence-corrected chi connectivity index (χ0v) is 19.8. The van der Waals surface area contributed by atoms with Gasteiger partial charge in [-0.05, 0) is 50.1 Å². The number of aryl methyl sites for hydroxylation is 2. The van der Waals surface area contributed by atoms with E-state index in [2.05, 4.69) is 10.7 Å². The van der Waals surface area contributed by atoms with Crippen molar-refractivity contribution in [1.82, 2.24) is 20.2 Å². The first kappa shape index (κ1) is 23.8. The molecule has 9 heteroatoms. The maximum Gasteiger partial charge on any atom is 0.327 e. The molecule has 2 aromatic rings. The molecule has 2 fully saturated rings. The number of urea groups is 1. The molecule has 4 rings (SSSR count). The number of likely N-dealkylation sites (N-methyl/N-ethyl adjacent to an activating group) is 1. The van der Waals surface area contributed by atoms with E-state index in [1.54, 1.807) is 12.1 Å². The third kappa shape index (κ3) is 4.53. The third-order valence-electron chi connectivity index (χ3n) is 6.46. The predicted molar refractivity (Wildman–Crippen MR) is 126 cm³/mol. The van der Waals surface area contributed by atoms with Gasteiger partial charge in [0, 0.05) is 18.3 Å². The van der Waals surface area contributed by atoms with E-state index in [-0.39, 0.29) is 30.9 Å². The van der Waals surface area contributed by atoms with Gasteiger partial charge < -0.3 is 10.2 Å². The van der Waals surface area contributed by atoms with E-state index in [0.717, 1.165) is 16.0 Å². The summed E-state index contributed by atoms with van der Waals surface area (Å²) >= 11 is 0. The predicted octanol–water partition coefficient (Wildman–Crippen LogP) is 2.81. The van der Waals surface area contributed by atoms with Crippen molar-refractivity contribution in [3.8, 4) is 0 Å². The minimum atomic E-state index is -0.618. The third-order valence-corrected chi connectivity index (χ3v) is 6.46. The fraction of sp³-hybridized carbons (Fsp3) is 0.400. The Hall–Kier alpha value is -3.30. The van der Waals surface area contributed by atoms with Crippen LogP contribution in [-0.2, 0) is 16.1 Å². The van der Waals surface area contributed by atoms with Gasteiger partial charge in [-0.25, -0.2) is 19.6 Å². The molecule has 2 N–H and O–H groups in total. The number of halogens is 1. The van der Waals surface area contributed by atoms with Crippen LogP contribution in [-0.4, -0.2) is 63.9 Å². The standard InChI is InChI=1S/C25H30FN5O3/c1-5-31-23-22(17(4)28-31)29(14-21(32)27-20-11-6-15(2)12-16(20)3)25(34)30(24(23)33)13-18-7-9-19(26)10-8-18/h6-12,17,22-23,28H,5,13-14H2,1-4H3,(H,27,32). The largest absolute Gasteiger partial charge is 0.327 e. The average molecular weight is 468 g/mol. The molecule has 0 bridgehead atoms. The van der Waals surface area contributed by atoms with Gasteiger partial charge >= 0.3 is 6.03 Å². The van der Waals surface area contributed by atoms with Crippen molar-refractivity contribution in [2.24, 2.45) is 0 Å². The van der Waals surface area contributed by atoms with Crippen molar-refractivity contribution >= 4 is 23.5 Å². The highest BCUT2D eigenvalue weighted by molar-refractivity contribution is 6.03. The van der Waals surface area contributed by atoms with E-state index in [0.29, 0.717) is 17.8 Å². The van der Waals surface area contributed by atoms with E-state index in [9.17, 15) is 18.8 Å². The minimum absolute atomic E-state index is 0.00227. The zero-order valence-electron chi connectivity index (χ0n) is 19.8. The molecule has 0 spiro atoms. The second-order valence-electron chi connectivity index (χ2n) is 8.97. The summed E-state index contributed by atoms with van der Waals surface area (Å²) < 4.78 is 13.4. The van der Waals surface area contributed by atoms with E-state index in [4.69, 9.17) is 0 Å². The van der Waals surface area contributed by atoms with Crippen LogP contribution in [0, 0.1) is 19.7 Å². The summed E-state index contributed by atoms with van der Waals surface area (Å²) in [7, 11) is 0. The van der Waals surface area contributed by atoms with Gasteiger partial charge in [0.1, 0.15) is 18.4 Å². The van der Waals surface area contributed by atoms with Crippen LogP contribution in [0.15, 0.2) is 42.5 Å². The summed E-state index contributed by atoms with van der Waals surface area (Å²) in [5.41, 5.74) is 6.60. The Morgan fingerprint density at radius 2 is 1.82 bits per heavy atom. The fourth-order valence-electron chi connectivity index (χ4n) is 4.81. The van der Waals surface area contributed by atoms with E-state index >= 15 is 0 Å². The maximum absolute atomic E-state index is 13.5. The molecule has 2 saturated heterocycles. The van der Waals surface area contributed by atoms with Crippen LogP contribution in [0.1, 0.15) is 30.5 Å². The topological polar surface area (TPSA) is 85.0 Å². The van der Waals surface area contributed by atoms with Crippen molar-refractivity contribution in [1.29, 1.82) is 0 Å². The van der Waals surface area contributed by atoms with Crippen molar-refractivity contribution in [2.45, 2.75) is 52.4 Å². The Kier molecular flexibility index (Phi) is 6.67. The number of carbonyl (C=O) groups is 3. The van der Waals surface area contributed by atoms with Gasteiger partial charge in [0.2, 0.25) is 5.91 Å². The first-order valence-electron chi connectivity index (χ1n) is 11.5. The molecule has 4 amide bonds. The van der Waals surface area contributed by atoms with Gasteiger partial charge in [-0.1, -0.05) is 36.8 Å². The lowest BCUT2D eigenvalue weighted by atomic mass is 9.97. The molecule has 2 heterocycles. The molecular weight excluding hydrogens is 437 g/mol. The molecule has 3 atom stereocenters. The van der Waals surface area contributed by atoms with Crippen LogP contribution >= 0.6 is 0 Å². The number of fused-ring (bicyclic) bond motifs is 1. The zero-order chi connectivity index (χ0) is 24.6. The van der Waals surface area contributed by atoms with Crippen molar-refractivity contribution in [2.75, 3.05) is 18.4 Å². The number of anilines is 1. The fourth-order valence-corrected chi connectivity index (χ4v) is 4.81. The monoisotopic (exact) mass is 467 g/mol. The lowest BCUT2D eigenvalue weighted by molar-refractivity contribution is -0.140. The smallest absolute Gasteiger partial charge is 0.324 e. The highest BCUT2D eigenvalue weighted by Gasteiger charge is 2.54. The molecule has 0 saturated carbocycles. The molecule has 2 aliphatic rings. The number of rotatable bonds is 6. The Bertz CT molecular complexity index is 1110. The van der Waals surface area contributed by atoms with Gasteiger partial charge in [0.15, 0.2) is 0 Å². The summed E-state index contributed by atoms with van der Waals surface area (Å²) in [6.45, 7) is 8.08. The number of benzene rings is 2. The van der Waals surface area contributed by atoms with Gasteiger partial charge in [-0.3, -0.25) is 14.5 Å².